The molecule has 62 heavy (non-hydrogen) atoms. The molecular formula is C42H72B3BrO14P2. The molecule has 0 spiro atoms. The van der Waals surface area contributed by atoms with E-state index in [9.17, 15) is 9.13 Å². The molecule has 0 aliphatic carbocycles. The SMILES string of the molecule is CC1(C)OB(B2OC(C)(C)C(C)(C)O2)OC1(C)C.CCOP(=O)(CCOc1cccc(B2OC(C)(C)C(C)(C)O2)c1)OCC.CCOP(=O)(CCOc1cccc(Br)c1)OCC. The molecule has 0 atom stereocenters. The van der Waals surface area contributed by atoms with Crippen LogP contribution in [0, 0.1) is 0 Å². The highest BCUT2D eigenvalue weighted by Crippen LogP contribution is 2.49. The average Bonchev–Trinajstić information content (AvgIpc) is 3.62. The van der Waals surface area contributed by atoms with E-state index in [1.807, 2.05) is 132 Å². The maximum Gasteiger partial charge on any atom is 0.494 e. The molecule has 0 aromatic heterocycles. The first-order chi connectivity index (χ1) is 28.6. The molecule has 5 rings (SSSR count). The van der Waals surface area contributed by atoms with E-state index in [4.69, 9.17) is 55.5 Å². The third kappa shape index (κ3) is 15.2. The van der Waals surface area contributed by atoms with Crippen LogP contribution in [-0.2, 0) is 55.2 Å². The van der Waals surface area contributed by atoms with Gasteiger partial charge in [-0.15, -0.1) is 0 Å². The molecular weight excluding hydrogens is 903 g/mol. The summed E-state index contributed by atoms with van der Waals surface area (Å²) in [5.41, 5.74) is -1.34. The Morgan fingerprint density at radius 2 is 0.823 bits per heavy atom. The number of halogens is 1. The van der Waals surface area contributed by atoms with Gasteiger partial charge in [-0.05, 0) is 147 Å². The maximum absolute atomic E-state index is 12.5. The minimum absolute atomic E-state index is 0.204. The Morgan fingerprint density at radius 1 is 0.500 bits per heavy atom. The van der Waals surface area contributed by atoms with Crippen molar-refractivity contribution in [2.75, 3.05) is 52.0 Å². The number of benzene rings is 2. The Kier molecular flexibility index (Phi) is 20.0. The Balaban J connectivity index is 0.000000255. The summed E-state index contributed by atoms with van der Waals surface area (Å²) in [6.45, 7) is 33.4. The van der Waals surface area contributed by atoms with E-state index in [2.05, 4.69) is 15.9 Å². The molecule has 2 aromatic carbocycles. The van der Waals surface area contributed by atoms with Crippen molar-refractivity contribution in [3.8, 4) is 11.5 Å². The number of hydrogen-bond donors (Lipinski definition) is 0. The molecule has 3 aliphatic heterocycles. The van der Waals surface area contributed by atoms with Gasteiger partial charge < -0.3 is 55.5 Å². The van der Waals surface area contributed by atoms with Gasteiger partial charge in [0.2, 0.25) is 0 Å². The van der Waals surface area contributed by atoms with Gasteiger partial charge in [-0.1, -0.05) is 34.1 Å². The smallest absolute Gasteiger partial charge is 0.493 e. The fraction of sp³-hybridized carbons (Fsp3) is 0.714. The lowest BCUT2D eigenvalue weighted by Crippen LogP contribution is -2.41. The van der Waals surface area contributed by atoms with Gasteiger partial charge in [0.05, 0.1) is 85.6 Å². The Labute approximate surface area is 381 Å². The van der Waals surface area contributed by atoms with E-state index in [1.165, 1.54) is 0 Å². The van der Waals surface area contributed by atoms with Crippen LogP contribution in [0.25, 0.3) is 0 Å². The van der Waals surface area contributed by atoms with Crippen LogP contribution < -0.4 is 14.9 Å². The van der Waals surface area contributed by atoms with Crippen molar-refractivity contribution in [1.29, 1.82) is 0 Å². The van der Waals surface area contributed by atoms with Crippen molar-refractivity contribution in [1.82, 2.24) is 0 Å². The van der Waals surface area contributed by atoms with E-state index in [1.54, 1.807) is 27.7 Å². The first-order valence-corrected chi connectivity index (χ1v) is 25.8. The van der Waals surface area contributed by atoms with Gasteiger partial charge in [-0.25, -0.2) is 0 Å². The summed E-state index contributed by atoms with van der Waals surface area (Å²) >= 11 is 3.36. The zero-order valence-electron chi connectivity index (χ0n) is 40.0. The van der Waals surface area contributed by atoms with E-state index in [0.29, 0.717) is 38.8 Å². The molecule has 20 heteroatoms. The van der Waals surface area contributed by atoms with Crippen LogP contribution in [0.2, 0.25) is 0 Å². The molecule has 0 bridgehead atoms. The normalized spacial score (nSPS) is 20.6. The second kappa shape index (κ2) is 22.5. The highest BCUT2D eigenvalue weighted by molar-refractivity contribution is 9.10. The summed E-state index contributed by atoms with van der Waals surface area (Å²) in [5, 5.41) is 0. The van der Waals surface area contributed by atoms with Crippen molar-refractivity contribution >= 4 is 57.7 Å². The topological polar surface area (TPSA) is 145 Å². The van der Waals surface area contributed by atoms with Gasteiger partial charge >= 0.3 is 36.3 Å². The number of ether oxygens (including phenoxy) is 2. The predicted molar refractivity (Wildman–Crippen MR) is 251 cm³/mol. The van der Waals surface area contributed by atoms with E-state index < -0.39 is 47.5 Å². The Morgan fingerprint density at radius 3 is 1.16 bits per heavy atom. The lowest BCUT2D eigenvalue weighted by atomic mass is 9.49. The summed E-state index contributed by atoms with van der Waals surface area (Å²) in [4.78, 5) is 0. The van der Waals surface area contributed by atoms with Gasteiger partial charge in [0.25, 0.3) is 0 Å². The molecule has 2 aromatic rings. The lowest BCUT2D eigenvalue weighted by molar-refractivity contribution is 0.00578. The third-order valence-corrected chi connectivity index (χ3v) is 16.1. The summed E-state index contributed by atoms with van der Waals surface area (Å²) in [7, 11) is -7.50. The molecule has 0 radical (unpaired) electrons. The van der Waals surface area contributed by atoms with E-state index >= 15 is 0 Å². The fourth-order valence-corrected chi connectivity index (χ4v) is 9.20. The van der Waals surface area contributed by atoms with Gasteiger partial charge in [-0.2, -0.15) is 0 Å². The van der Waals surface area contributed by atoms with Gasteiger partial charge in [0, 0.05) is 4.47 Å². The summed E-state index contributed by atoms with van der Waals surface area (Å²) < 4.78 is 93.7. The largest absolute Gasteiger partial charge is 0.494 e. The monoisotopic (exact) mass is 974 g/mol. The van der Waals surface area contributed by atoms with Crippen molar-refractivity contribution in [2.45, 2.75) is 144 Å². The molecule has 0 amide bonds. The Hall–Kier alpha value is -1.23. The zero-order chi connectivity index (χ0) is 46.8. The van der Waals surface area contributed by atoms with Gasteiger partial charge in [0.15, 0.2) is 0 Å². The molecule has 3 saturated heterocycles. The highest BCUT2D eigenvalue weighted by atomic mass is 79.9. The van der Waals surface area contributed by atoms with Crippen LogP contribution in [0.15, 0.2) is 53.0 Å². The fourth-order valence-electron chi connectivity index (χ4n) is 5.96. The average molecular weight is 975 g/mol. The standard InChI is InChI=1S/C18H30BO6P.C12H24B2O4.C12H18BrO4P/c1-7-22-26(20,23-8-2)13-12-21-16-11-9-10-15(14-16)19-24-17(3,4)18(5,6)25-19;1-9(2)10(3,4)16-13(15-9)14-17-11(5,6)12(7,8)18-14;1-3-16-18(14,17-4-2)9-8-15-12-7-5-6-11(13)10-12/h9-11,14H,7-8,12-13H2,1-6H3;1-8H3;5-7,10H,3-4,8-9H2,1-2H3. The van der Waals surface area contributed by atoms with Crippen LogP contribution in [-0.4, -0.2) is 107 Å². The van der Waals surface area contributed by atoms with Gasteiger partial charge in [-0.3, -0.25) is 9.13 Å². The summed E-state index contributed by atoms with van der Waals surface area (Å²) in [6, 6.07) is 15.1. The minimum Gasteiger partial charge on any atom is -0.493 e. The van der Waals surface area contributed by atoms with Crippen molar-refractivity contribution < 1.29 is 64.6 Å². The quantitative estimate of drug-likeness (QED) is 0.103. The first-order valence-electron chi connectivity index (χ1n) is 21.5. The molecule has 0 N–H and O–H groups in total. The van der Waals surface area contributed by atoms with Crippen molar-refractivity contribution in [3.05, 3.63) is 53.0 Å². The zero-order valence-corrected chi connectivity index (χ0v) is 43.4. The Bertz CT molecular complexity index is 1710. The lowest BCUT2D eigenvalue weighted by Gasteiger charge is -2.32. The maximum atomic E-state index is 12.5. The molecule has 3 heterocycles. The summed E-state index contributed by atoms with van der Waals surface area (Å²) in [5.74, 6) is 1.39. The van der Waals surface area contributed by atoms with Crippen LogP contribution in [0.1, 0.15) is 111 Å². The molecule has 350 valence electrons. The number of rotatable bonds is 18. The van der Waals surface area contributed by atoms with Crippen LogP contribution >= 0.6 is 31.1 Å². The van der Waals surface area contributed by atoms with Gasteiger partial charge in [0.1, 0.15) is 11.5 Å². The van der Waals surface area contributed by atoms with Crippen LogP contribution in [0.4, 0.5) is 0 Å². The minimum atomic E-state index is -3.10. The second-order valence-corrected chi connectivity index (χ2v) is 23.2. The molecule has 14 nitrogen and oxygen atoms in total. The second-order valence-electron chi connectivity index (χ2n) is 17.9. The number of hydrogen-bond acceptors (Lipinski definition) is 14. The van der Waals surface area contributed by atoms with E-state index in [-0.39, 0.29) is 41.3 Å². The van der Waals surface area contributed by atoms with Crippen LogP contribution in [0.3, 0.4) is 0 Å². The molecule has 3 aliphatic rings. The molecule has 3 fully saturated rings. The van der Waals surface area contributed by atoms with Crippen LogP contribution in [0.5, 0.6) is 11.5 Å². The summed E-state index contributed by atoms with van der Waals surface area (Å²) in [6.07, 6.45) is 0.455. The van der Waals surface area contributed by atoms with E-state index in [0.717, 1.165) is 15.7 Å². The molecule has 0 saturated carbocycles. The van der Waals surface area contributed by atoms with Crippen molar-refractivity contribution in [2.24, 2.45) is 0 Å². The molecule has 0 unspecified atom stereocenters. The third-order valence-electron chi connectivity index (χ3n) is 11.5. The highest BCUT2D eigenvalue weighted by Gasteiger charge is 2.63. The predicted octanol–water partition coefficient (Wildman–Crippen LogP) is 9.97. The van der Waals surface area contributed by atoms with Crippen molar-refractivity contribution in [3.63, 3.8) is 0 Å². The first kappa shape index (κ1) is 55.1.